The molecule has 0 aliphatic carbocycles. The molecule has 0 amide bonds. The number of benzene rings is 2. The highest BCUT2D eigenvalue weighted by Crippen LogP contribution is 2.29. The zero-order chi connectivity index (χ0) is 17.6. The van der Waals surface area contributed by atoms with Crippen molar-refractivity contribution in [3.63, 3.8) is 0 Å². The third-order valence-electron chi connectivity index (χ3n) is 4.11. The van der Waals surface area contributed by atoms with Gasteiger partial charge in [0.1, 0.15) is 17.2 Å². The fourth-order valence-electron chi connectivity index (χ4n) is 2.79. The first-order valence-electron chi connectivity index (χ1n) is 8.23. The third kappa shape index (κ3) is 4.15. The summed E-state index contributed by atoms with van der Waals surface area (Å²) in [5.41, 5.74) is 9.23. The molecule has 0 atom stereocenters. The van der Waals surface area contributed by atoms with Crippen LogP contribution in [0.15, 0.2) is 41.4 Å². The summed E-state index contributed by atoms with van der Waals surface area (Å²) in [4.78, 5) is 4.39. The van der Waals surface area contributed by atoms with Gasteiger partial charge in [0.05, 0.1) is 26.5 Å². The van der Waals surface area contributed by atoms with Gasteiger partial charge < -0.3 is 25.3 Å². The van der Waals surface area contributed by atoms with Crippen LogP contribution in [-0.2, 0) is 12.8 Å². The Balaban J connectivity index is 1.60. The summed E-state index contributed by atoms with van der Waals surface area (Å²) >= 11 is 0. The number of nitrogens with two attached hydrogens (primary N) is 1. The summed E-state index contributed by atoms with van der Waals surface area (Å²) in [5, 5.41) is 3.07. The molecule has 6 nitrogen and oxygen atoms in total. The maximum atomic E-state index is 6.00. The van der Waals surface area contributed by atoms with Gasteiger partial charge in [0.15, 0.2) is 5.96 Å². The monoisotopic (exact) mass is 341 g/mol. The SMILES string of the molecule is COc1ccc(OC)c(NC(N)=NCCc2ccc3c(c2)CCO3)c1. The van der Waals surface area contributed by atoms with Crippen LogP contribution in [0.25, 0.3) is 0 Å². The van der Waals surface area contributed by atoms with Crippen molar-refractivity contribution >= 4 is 11.6 Å². The lowest BCUT2D eigenvalue weighted by Gasteiger charge is -2.12. The summed E-state index contributed by atoms with van der Waals surface area (Å²) in [6.45, 7) is 1.38. The minimum atomic E-state index is 0.344. The summed E-state index contributed by atoms with van der Waals surface area (Å²) in [6, 6.07) is 11.8. The highest BCUT2D eigenvalue weighted by Gasteiger charge is 2.11. The molecular formula is C19H23N3O3. The molecule has 1 heterocycles. The Labute approximate surface area is 147 Å². The van der Waals surface area contributed by atoms with Crippen molar-refractivity contribution < 1.29 is 14.2 Å². The number of nitrogens with zero attached hydrogens (tertiary/aromatic N) is 1. The van der Waals surface area contributed by atoms with Gasteiger partial charge in [-0.3, -0.25) is 4.99 Å². The van der Waals surface area contributed by atoms with E-state index in [9.17, 15) is 0 Å². The van der Waals surface area contributed by atoms with Gasteiger partial charge in [-0.15, -0.1) is 0 Å². The molecule has 132 valence electrons. The van der Waals surface area contributed by atoms with E-state index in [1.165, 1.54) is 11.1 Å². The van der Waals surface area contributed by atoms with Crippen LogP contribution in [0.4, 0.5) is 5.69 Å². The first-order valence-corrected chi connectivity index (χ1v) is 8.23. The molecule has 3 rings (SSSR count). The Kier molecular flexibility index (Phi) is 5.28. The number of aliphatic imine (C=N–C) groups is 1. The Morgan fingerprint density at radius 2 is 2.08 bits per heavy atom. The van der Waals surface area contributed by atoms with Crippen molar-refractivity contribution in [2.75, 3.05) is 32.7 Å². The van der Waals surface area contributed by atoms with Crippen molar-refractivity contribution in [3.05, 3.63) is 47.5 Å². The highest BCUT2D eigenvalue weighted by molar-refractivity contribution is 5.94. The largest absolute Gasteiger partial charge is 0.497 e. The Bertz CT molecular complexity index is 775. The highest BCUT2D eigenvalue weighted by atomic mass is 16.5. The molecule has 0 saturated carbocycles. The lowest BCUT2D eigenvalue weighted by Crippen LogP contribution is -2.23. The van der Waals surface area contributed by atoms with E-state index in [1.54, 1.807) is 14.2 Å². The van der Waals surface area contributed by atoms with Crippen LogP contribution in [0.2, 0.25) is 0 Å². The van der Waals surface area contributed by atoms with Gasteiger partial charge in [-0.1, -0.05) is 12.1 Å². The molecule has 0 aromatic heterocycles. The van der Waals surface area contributed by atoms with Gasteiger partial charge in [0, 0.05) is 19.0 Å². The van der Waals surface area contributed by atoms with Crippen molar-refractivity contribution in [3.8, 4) is 17.2 Å². The minimum Gasteiger partial charge on any atom is -0.497 e. The lowest BCUT2D eigenvalue weighted by molar-refractivity contribution is 0.357. The number of guanidine groups is 1. The van der Waals surface area contributed by atoms with E-state index in [4.69, 9.17) is 19.9 Å². The van der Waals surface area contributed by atoms with Crippen LogP contribution in [0.5, 0.6) is 17.2 Å². The zero-order valence-electron chi connectivity index (χ0n) is 14.5. The average Bonchev–Trinajstić information content (AvgIpc) is 3.09. The average molecular weight is 341 g/mol. The van der Waals surface area contributed by atoms with Crippen molar-refractivity contribution in [2.24, 2.45) is 10.7 Å². The number of fused-ring (bicyclic) bond motifs is 1. The minimum absolute atomic E-state index is 0.344. The molecule has 25 heavy (non-hydrogen) atoms. The van der Waals surface area contributed by atoms with E-state index < -0.39 is 0 Å². The van der Waals surface area contributed by atoms with Crippen molar-refractivity contribution in [1.29, 1.82) is 0 Å². The predicted molar refractivity (Wildman–Crippen MR) is 99.0 cm³/mol. The fourth-order valence-corrected chi connectivity index (χ4v) is 2.79. The van der Waals surface area contributed by atoms with E-state index in [2.05, 4.69) is 22.4 Å². The van der Waals surface area contributed by atoms with E-state index in [0.29, 0.717) is 18.3 Å². The molecule has 2 aromatic rings. The second kappa shape index (κ2) is 7.79. The number of ether oxygens (including phenoxy) is 3. The number of nitrogens with one attached hydrogen (secondary N) is 1. The molecule has 0 bridgehead atoms. The Hall–Kier alpha value is -2.89. The number of methoxy groups -OCH3 is 2. The van der Waals surface area contributed by atoms with Crippen LogP contribution in [-0.4, -0.2) is 33.3 Å². The quantitative estimate of drug-likeness (QED) is 0.624. The fraction of sp³-hybridized carbons (Fsp3) is 0.316. The summed E-state index contributed by atoms with van der Waals surface area (Å²) < 4.78 is 16.1. The normalized spacial score (nSPS) is 13.1. The van der Waals surface area contributed by atoms with Gasteiger partial charge in [-0.2, -0.15) is 0 Å². The van der Waals surface area contributed by atoms with E-state index in [1.807, 2.05) is 24.3 Å². The number of hydrogen-bond acceptors (Lipinski definition) is 4. The first kappa shape index (κ1) is 17.0. The molecular weight excluding hydrogens is 318 g/mol. The molecule has 0 radical (unpaired) electrons. The summed E-state index contributed by atoms with van der Waals surface area (Å²) in [7, 11) is 3.22. The molecule has 3 N–H and O–H groups in total. The topological polar surface area (TPSA) is 78.1 Å². The molecule has 2 aromatic carbocycles. The first-order chi connectivity index (χ1) is 12.2. The molecule has 0 unspecified atom stereocenters. The Morgan fingerprint density at radius 1 is 1.20 bits per heavy atom. The molecule has 0 saturated heterocycles. The van der Waals surface area contributed by atoms with Crippen LogP contribution in [0.3, 0.4) is 0 Å². The predicted octanol–water partition coefficient (Wildman–Crippen LogP) is 2.61. The smallest absolute Gasteiger partial charge is 0.193 e. The van der Waals surface area contributed by atoms with Gasteiger partial charge in [0.25, 0.3) is 0 Å². The number of rotatable bonds is 6. The lowest BCUT2D eigenvalue weighted by atomic mass is 10.1. The third-order valence-corrected chi connectivity index (χ3v) is 4.11. The second-order valence-corrected chi connectivity index (χ2v) is 5.75. The van der Waals surface area contributed by atoms with Gasteiger partial charge in [0.2, 0.25) is 0 Å². The molecule has 1 aliphatic rings. The van der Waals surface area contributed by atoms with E-state index in [0.717, 1.165) is 36.6 Å². The molecule has 0 fully saturated rings. The van der Waals surface area contributed by atoms with Crippen LogP contribution < -0.4 is 25.3 Å². The van der Waals surface area contributed by atoms with Crippen LogP contribution in [0, 0.1) is 0 Å². The zero-order valence-corrected chi connectivity index (χ0v) is 14.5. The van der Waals surface area contributed by atoms with E-state index in [-0.39, 0.29) is 0 Å². The second-order valence-electron chi connectivity index (χ2n) is 5.75. The van der Waals surface area contributed by atoms with Crippen LogP contribution >= 0.6 is 0 Å². The molecule has 1 aliphatic heterocycles. The van der Waals surface area contributed by atoms with E-state index >= 15 is 0 Å². The summed E-state index contributed by atoms with van der Waals surface area (Å²) in [5.74, 6) is 2.74. The van der Waals surface area contributed by atoms with Crippen molar-refractivity contribution in [2.45, 2.75) is 12.8 Å². The number of hydrogen-bond donors (Lipinski definition) is 2. The molecule has 6 heteroatoms. The van der Waals surface area contributed by atoms with Gasteiger partial charge in [-0.25, -0.2) is 0 Å². The maximum Gasteiger partial charge on any atom is 0.193 e. The Morgan fingerprint density at radius 3 is 2.88 bits per heavy atom. The standard InChI is InChI=1S/C19H23N3O3/c1-23-15-4-6-18(24-2)16(12-15)22-19(20)21-9-7-13-3-5-17-14(11-13)8-10-25-17/h3-6,11-12H,7-10H2,1-2H3,(H3,20,21,22). The number of anilines is 1. The van der Waals surface area contributed by atoms with Crippen molar-refractivity contribution in [1.82, 2.24) is 0 Å². The summed E-state index contributed by atoms with van der Waals surface area (Å²) in [6.07, 6.45) is 1.80. The van der Waals surface area contributed by atoms with Crippen LogP contribution in [0.1, 0.15) is 11.1 Å². The van der Waals surface area contributed by atoms with Gasteiger partial charge >= 0.3 is 0 Å². The molecule has 0 spiro atoms. The maximum absolute atomic E-state index is 6.00. The van der Waals surface area contributed by atoms with Gasteiger partial charge in [-0.05, 0) is 35.7 Å².